The molecule has 0 saturated heterocycles. The minimum Gasteiger partial charge on any atom is -0.484 e. The van der Waals surface area contributed by atoms with Crippen LogP contribution >= 0.6 is 23.2 Å². The zero-order valence-corrected chi connectivity index (χ0v) is 11.2. The number of ketones is 1. The highest BCUT2D eigenvalue weighted by atomic mass is 35.5. The number of Topliss-reactive ketones (excluding diaryl/α,β-unsaturated/α-hetero) is 1. The highest BCUT2D eigenvalue weighted by Gasteiger charge is 2.09. The van der Waals surface area contributed by atoms with E-state index < -0.39 is 0 Å². The first-order valence-corrected chi connectivity index (χ1v) is 6.05. The lowest BCUT2D eigenvalue weighted by Gasteiger charge is -2.06. The average Bonchev–Trinajstić information content (AvgIpc) is 2.74. The molecule has 0 aliphatic rings. The molecule has 1 aromatic heterocycles. The van der Waals surface area contributed by atoms with Gasteiger partial charge in [-0.3, -0.25) is 4.79 Å². The van der Waals surface area contributed by atoms with Crippen LogP contribution < -0.4 is 4.74 Å². The summed E-state index contributed by atoms with van der Waals surface area (Å²) in [7, 11) is 1.85. The molecular formula is C13H11Cl2NO2. The van der Waals surface area contributed by atoms with E-state index in [1.807, 2.05) is 17.8 Å². The summed E-state index contributed by atoms with van der Waals surface area (Å²) in [4.78, 5) is 11.8. The van der Waals surface area contributed by atoms with Gasteiger partial charge in [0, 0.05) is 30.0 Å². The Hall–Kier alpha value is -1.45. The first-order valence-electron chi connectivity index (χ1n) is 5.29. The normalized spacial score (nSPS) is 10.4. The van der Waals surface area contributed by atoms with Crippen LogP contribution in [-0.4, -0.2) is 17.0 Å². The van der Waals surface area contributed by atoms with E-state index >= 15 is 0 Å². The van der Waals surface area contributed by atoms with E-state index in [1.54, 1.807) is 30.5 Å². The maximum absolute atomic E-state index is 11.8. The van der Waals surface area contributed by atoms with Gasteiger partial charge in [0.2, 0.25) is 5.78 Å². The Bertz CT molecular complexity index is 578. The molecule has 1 aromatic carbocycles. The molecule has 0 saturated carbocycles. The molecule has 3 nitrogen and oxygen atoms in total. The van der Waals surface area contributed by atoms with Crippen molar-refractivity contribution in [3.05, 3.63) is 52.3 Å². The number of hydrogen-bond donors (Lipinski definition) is 0. The predicted molar refractivity (Wildman–Crippen MR) is 71.7 cm³/mol. The minimum atomic E-state index is -0.0957. The molecule has 0 radical (unpaired) electrons. The molecule has 0 aliphatic heterocycles. The Morgan fingerprint density at radius 2 is 2.11 bits per heavy atom. The highest BCUT2D eigenvalue weighted by Crippen LogP contribution is 2.27. The molecule has 0 bridgehead atoms. The third kappa shape index (κ3) is 3.06. The van der Waals surface area contributed by atoms with Crippen LogP contribution in [0, 0.1) is 0 Å². The number of nitrogens with zero attached hydrogens (tertiary/aromatic N) is 1. The number of aromatic nitrogens is 1. The van der Waals surface area contributed by atoms with Crippen LogP contribution in [0.15, 0.2) is 36.7 Å². The summed E-state index contributed by atoms with van der Waals surface area (Å²) in [6.45, 7) is -0.0502. The van der Waals surface area contributed by atoms with Crippen LogP contribution in [0.5, 0.6) is 5.75 Å². The minimum absolute atomic E-state index is 0.0502. The van der Waals surface area contributed by atoms with Crippen LogP contribution in [0.4, 0.5) is 0 Å². The molecule has 1 heterocycles. The fourth-order valence-electron chi connectivity index (χ4n) is 1.49. The first kappa shape index (κ1) is 13.0. The van der Waals surface area contributed by atoms with Crippen molar-refractivity contribution in [1.29, 1.82) is 0 Å². The number of aryl methyl sites for hydroxylation is 1. The fourth-order valence-corrected chi connectivity index (χ4v) is 1.95. The Balaban J connectivity index is 2.01. The summed E-state index contributed by atoms with van der Waals surface area (Å²) in [6, 6.07) is 6.62. The van der Waals surface area contributed by atoms with Gasteiger partial charge in [-0.2, -0.15) is 0 Å². The van der Waals surface area contributed by atoms with Crippen molar-refractivity contribution >= 4 is 29.0 Å². The molecule has 94 valence electrons. The quantitative estimate of drug-likeness (QED) is 0.803. The average molecular weight is 284 g/mol. The number of hydrogen-bond acceptors (Lipinski definition) is 2. The molecule has 0 aliphatic carbocycles. The van der Waals surface area contributed by atoms with Crippen LogP contribution in [-0.2, 0) is 7.05 Å². The second-order valence-corrected chi connectivity index (χ2v) is 4.70. The third-order valence-corrected chi connectivity index (χ3v) is 2.94. The van der Waals surface area contributed by atoms with Gasteiger partial charge >= 0.3 is 0 Å². The zero-order chi connectivity index (χ0) is 13.1. The van der Waals surface area contributed by atoms with Crippen molar-refractivity contribution in [1.82, 2.24) is 4.57 Å². The lowest BCUT2D eigenvalue weighted by molar-refractivity contribution is 0.0921. The largest absolute Gasteiger partial charge is 0.484 e. The van der Waals surface area contributed by atoms with Crippen molar-refractivity contribution in [2.24, 2.45) is 7.05 Å². The molecule has 2 rings (SSSR count). The number of rotatable bonds is 4. The van der Waals surface area contributed by atoms with E-state index in [-0.39, 0.29) is 12.4 Å². The predicted octanol–water partition coefficient (Wildman–Crippen LogP) is 3.59. The van der Waals surface area contributed by atoms with E-state index in [2.05, 4.69) is 0 Å². The molecule has 18 heavy (non-hydrogen) atoms. The highest BCUT2D eigenvalue weighted by molar-refractivity contribution is 6.35. The zero-order valence-electron chi connectivity index (χ0n) is 9.69. The number of halogens is 2. The van der Waals surface area contributed by atoms with Gasteiger partial charge in [0.1, 0.15) is 5.75 Å². The van der Waals surface area contributed by atoms with Crippen LogP contribution in [0.25, 0.3) is 0 Å². The van der Waals surface area contributed by atoms with Gasteiger partial charge < -0.3 is 9.30 Å². The molecular weight excluding hydrogens is 273 g/mol. The Morgan fingerprint density at radius 3 is 2.72 bits per heavy atom. The van der Waals surface area contributed by atoms with Gasteiger partial charge in [-0.05, 0) is 24.3 Å². The monoisotopic (exact) mass is 283 g/mol. The second kappa shape index (κ2) is 5.46. The van der Waals surface area contributed by atoms with E-state index in [9.17, 15) is 4.79 Å². The lowest BCUT2D eigenvalue weighted by Crippen LogP contribution is -2.11. The molecule has 2 aromatic rings. The van der Waals surface area contributed by atoms with E-state index in [4.69, 9.17) is 27.9 Å². The van der Waals surface area contributed by atoms with Gasteiger partial charge in [-0.25, -0.2) is 0 Å². The number of carbonyl (C=O) groups excluding carboxylic acids is 1. The van der Waals surface area contributed by atoms with E-state index in [1.165, 1.54) is 0 Å². The van der Waals surface area contributed by atoms with E-state index in [0.29, 0.717) is 21.4 Å². The molecule has 0 spiro atoms. The summed E-state index contributed by atoms with van der Waals surface area (Å²) in [5.41, 5.74) is 0.614. The summed E-state index contributed by atoms with van der Waals surface area (Å²) in [5.74, 6) is 0.354. The smallest absolute Gasteiger partial charge is 0.201 e. The maximum Gasteiger partial charge on any atom is 0.201 e. The summed E-state index contributed by atoms with van der Waals surface area (Å²) in [5, 5.41) is 0.921. The molecule has 5 heteroatoms. The van der Waals surface area contributed by atoms with Gasteiger partial charge in [0.05, 0.1) is 5.02 Å². The Labute approximate surface area is 115 Å². The Morgan fingerprint density at radius 1 is 1.33 bits per heavy atom. The van der Waals surface area contributed by atoms with E-state index in [0.717, 1.165) is 0 Å². The Kier molecular flexibility index (Phi) is 3.94. The first-order chi connectivity index (χ1) is 8.56. The van der Waals surface area contributed by atoms with Gasteiger partial charge in [0.15, 0.2) is 6.61 Å². The van der Waals surface area contributed by atoms with Crippen molar-refractivity contribution in [2.75, 3.05) is 6.61 Å². The molecule has 0 unspecified atom stereocenters. The van der Waals surface area contributed by atoms with Crippen molar-refractivity contribution < 1.29 is 9.53 Å². The summed E-state index contributed by atoms with van der Waals surface area (Å²) >= 11 is 11.7. The van der Waals surface area contributed by atoms with Crippen molar-refractivity contribution in [3.63, 3.8) is 0 Å². The van der Waals surface area contributed by atoms with Gasteiger partial charge in [-0.15, -0.1) is 0 Å². The van der Waals surface area contributed by atoms with Crippen molar-refractivity contribution in [3.8, 4) is 5.75 Å². The SMILES string of the molecule is Cn1ccc(C(=O)COc2ccc(Cl)cc2Cl)c1. The molecule has 0 N–H and O–H groups in total. The maximum atomic E-state index is 11.8. The van der Waals surface area contributed by atoms with Crippen LogP contribution in [0.3, 0.4) is 0 Å². The summed E-state index contributed by atoms with van der Waals surface area (Å²) < 4.78 is 7.18. The van der Waals surface area contributed by atoms with Crippen molar-refractivity contribution in [2.45, 2.75) is 0 Å². The third-order valence-electron chi connectivity index (χ3n) is 2.41. The molecule has 0 amide bonds. The standard InChI is InChI=1S/C13H11Cl2NO2/c1-16-5-4-9(7-16)12(17)8-18-13-3-2-10(14)6-11(13)15/h2-7H,8H2,1H3. The lowest BCUT2D eigenvalue weighted by atomic mass is 10.2. The number of benzene rings is 1. The number of ether oxygens (including phenoxy) is 1. The van der Waals surface area contributed by atoms with Crippen LogP contribution in [0.1, 0.15) is 10.4 Å². The molecule has 0 atom stereocenters. The van der Waals surface area contributed by atoms with Crippen LogP contribution in [0.2, 0.25) is 10.0 Å². The number of carbonyl (C=O) groups is 1. The van der Waals surface area contributed by atoms with Gasteiger partial charge in [-0.1, -0.05) is 23.2 Å². The van der Waals surface area contributed by atoms with Gasteiger partial charge in [0.25, 0.3) is 0 Å². The second-order valence-electron chi connectivity index (χ2n) is 3.85. The topological polar surface area (TPSA) is 31.2 Å². The fraction of sp³-hybridized carbons (Fsp3) is 0.154. The summed E-state index contributed by atoms with van der Waals surface area (Å²) in [6.07, 6.45) is 3.55. The molecule has 0 fully saturated rings.